The highest BCUT2D eigenvalue weighted by molar-refractivity contribution is 5.94. The van der Waals surface area contributed by atoms with Crippen LogP contribution in [-0.4, -0.2) is 54.4 Å². The van der Waals surface area contributed by atoms with Gasteiger partial charge in [0.1, 0.15) is 6.79 Å². The van der Waals surface area contributed by atoms with Crippen LogP contribution in [0.2, 0.25) is 0 Å². The molecule has 0 spiro atoms. The number of allylic oxidation sites excluding steroid dienone is 1. The molecular formula is C24H32F3NO4. The van der Waals surface area contributed by atoms with Crippen LogP contribution < -0.4 is 0 Å². The molecule has 8 heteroatoms. The van der Waals surface area contributed by atoms with Crippen molar-refractivity contribution < 1.29 is 32.2 Å². The van der Waals surface area contributed by atoms with Crippen LogP contribution in [0.25, 0.3) is 0 Å². The van der Waals surface area contributed by atoms with Crippen LogP contribution in [0.1, 0.15) is 58.3 Å². The molecule has 0 radical (unpaired) electrons. The zero-order chi connectivity index (χ0) is 22.8. The van der Waals surface area contributed by atoms with E-state index in [9.17, 15) is 22.8 Å². The number of ketones is 1. The van der Waals surface area contributed by atoms with Crippen LogP contribution in [0.4, 0.5) is 13.2 Å². The molecule has 0 aromatic heterocycles. The highest BCUT2D eigenvalue weighted by Crippen LogP contribution is 2.65. The maximum atomic E-state index is 13.5. The lowest BCUT2D eigenvalue weighted by atomic mass is 9.63. The van der Waals surface area contributed by atoms with Gasteiger partial charge in [0, 0.05) is 31.0 Å². The van der Waals surface area contributed by atoms with E-state index in [1.807, 2.05) is 0 Å². The van der Waals surface area contributed by atoms with Gasteiger partial charge in [-0.05, 0) is 74.9 Å². The molecule has 1 aliphatic heterocycles. The SMILES string of the molecule is COCO[C@@]12C[C@@H](C[C@H]3[C@@H]1CC[C@@H](C)N3C(=O)C(F)(F)F)[C@H]1C2=CC(=O)[C@H]2CCCC[C@H]12. The maximum absolute atomic E-state index is 13.5. The van der Waals surface area contributed by atoms with Crippen LogP contribution in [0.3, 0.4) is 0 Å². The summed E-state index contributed by atoms with van der Waals surface area (Å²) >= 11 is 0. The minimum Gasteiger partial charge on any atom is -0.359 e. The molecule has 5 nitrogen and oxygen atoms in total. The van der Waals surface area contributed by atoms with E-state index in [-0.39, 0.29) is 42.2 Å². The fourth-order valence-electron chi connectivity index (χ4n) is 8.08. The summed E-state index contributed by atoms with van der Waals surface area (Å²) in [4.78, 5) is 26.7. The molecular weight excluding hydrogens is 423 g/mol. The smallest absolute Gasteiger partial charge is 0.359 e. The Morgan fingerprint density at radius 1 is 1.22 bits per heavy atom. The van der Waals surface area contributed by atoms with E-state index in [0.717, 1.165) is 36.2 Å². The van der Waals surface area contributed by atoms with Crippen LogP contribution in [-0.2, 0) is 19.1 Å². The van der Waals surface area contributed by atoms with Gasteiger partial charge in [-0.1, -0.05) is 12.8 Å². The van der Waals surface area contributed by atoms with Crippen molar-refractivity contribution in [2.75, 3.05) is 13.9 Å². The predicted octanol–water partition coefficient (Wildman–Crippen LogP) is 4.26. The molecule has 0 aromatic rings. The Morgan fingerprint density at radius 3 is 2.69 bits per heavy atom. The van der Waals surface area contributed by atoms with Crippen LogP contribution >= 0.6 is 0 Å². The molecule has 1 heterocycles. The van der Waals surface area contributed by atoms with E-state index in [1.165, 1.54) is 7.11 Å². The molecule has 2 bridgehead atoms. The van der Waals surface area contributed by atoms with Crippen molar-refractivity contribution in [2.24, 2.45) is 29.6 Å². The van der Waals surface area contributed by atoms with Gasteiger partial charge in [-0.2, -0.15) is 13.2 Å². The van der Waals surface area contributed by atoms with E-state index in [1.54, 1.807) is 13.0 Å². The first-order valence-corrected chi connectivity index (χ1v) is 12.0. The lowest BCUT2D eigenvalue weighted by Gasteiger charge is -2.54. The molecule has 0 aromatic carbocycles. The molecule has 1 amide bonds. The molecule has 4 fully saturated rings. The Balaban J connectivity index is 1.59. The van der Waals surface area contributed by atoms with Crippen molar-refractivity contribution >= 4 is 11.7 Å². The molecule has 4 aliphatic carbocycles. The van der Waals surface area contributed by atoms with E-state index >= 15 is 0 Å². The van der Waals surface area contributed by atoms with E-state index in [2.05, 4.69) is 0 Å². The monoisotopic (exact) mass is 455 g/mol. The summed E-state index contributed by atoms with van der Waals surface area (Å²) in [6.45, 7) is 1.73. The number of methoxy groups -OCH3 is 1. The van der Waals surface area contributed by atoms with Gasteiger partial charge in [-0.3, -0.25) is 9.59 Å². The molecule has 178 valence electrons. The normalized spacial score (nSPS) is 43.3. The minimum atomic E-state index is -4.90. The maximum Gasteiger partial charge on any atom is 0.471 e. The van der Waals surface area contributed by atoms with Crippen molar-refractivity contribution in [1.29, 1.82) is 0 Å². The molecule has 5 aliphatic rings. The number of halogens is 3. The number of piperidine rings is 1. The third-order valence-electron chi connectivity index (χ3n) is 9.11. The van der Waals surface area contributed by atoms with Gasteiger partial charge < -0.3 is 14.4 Å². The third-order valence-corrected chi connectivity index (χ3v) is 9.11. The number of ether oxygens (including phenoxy) is 2. The molecule has 0 N–H and O–H groups in total. The number of hydrogen-bond donors (Lipinski definition) is 0. The summed E-state index contributed by atoms with van der Waals surface area (Å²) in [6.07, 6.45) is 3.31. The highest BCUT2D eigenvalue weighted by Gasteiger charge is 2.66. The lowest BCUT2D eigenvalue weighted by Crippen LogP contribution is -2.63. The number of amides is 1. The Kier molecular flexibility index (Phi) is 5.48. The Bertz CT molecular complexity index is 827. The van der Waals surface area contributed by atoms with E-state index in [4.69, 9.17) is 9.47 Å². The topological polar surface area (TPSA) is 55.8 Å². The first-order chi connectivity index (χ1) is 15.2. The van der Waals surface area contributed by atoms with Gasteiger partial charge in [0.05, 0.1) is 5.60 Å². The van der Waals surface area contributed by atoms with Gasteiger partial charge >= 0.3 is 12.1 Å². The summed E-state index contributed by atoms with van der Waals surface area (Å²) in [5.74, 6) is -1.33. The second-order valence-electron chi connectivity index (χ2n) is 10.5. The first kappa shape index (κ1) is 22.4. The van der Waals surface area contributed by atoms with Crippen molar-refractivity contribution in [3.63, 3.8) is 0 Å². The molecule has 3 saturated carbocycles. The highest BCUT2D eigenvalue weighted by atomic mass is 19.4. The van der Waals surface area contributed by atoms with Crippen molar-refractivity contribution in [1.82, 2.24) is 4.90 Å². The number of carbonyl (C=O) groups excluding carboxylic acids is 2. The lowest BCUT2D eigenvalue weighted by molar-refractivity contribution is -0.207. The van der Waals surface area contributed by atoms with Crippen molar-refractivity contribution in [3.8, 4) is 0 Å². The summed E-state index contributed by atoms with van der Waals surface area (Å²) in [5, 5.41) is 0. The number of rotatable bonds is 3. The van der Waals surface area contributed by atoms with Gasteiger partial charge in [0.15, 0.2) is 5.78 Å². The number of fused-ring (bicyclic) bond motifs is 9. The third kappa shape index (κ3) is 3.19. The standard InChI is InChI=1S/C24H32F3NO4/c1-13-7-8-17-19(28(13)22(30)24(25,26)27)9-14-11-23(17,32-12-31-2)18-10-20(29)15-5-3-4-6-16(15)21(14)18/h10,13-17,19,21H,3-9,11-12H2,1-2H3/t13-,14-,15+,16+,17+,19+,21-,23+/m1/s1. The minimum absolute atomic E-state index is 0.0187. The second kappa shape index (κ2) is 7.83. The van der Waals surface area contributed by atoms with Gasteiger partial charge in [-0.25, -0.2) is 0 Å². The van der Waals surface area contributed by atoms with Crippen LogP contribution in [0, 0.1) is 29.6 Å². The van der Waals surface area contributed by atoms with Crippen molar-refractivity contribution in [3.05, 3.63) is 11.6 Å². The van der Waals surface area contributed by atoms with Gasteiger partial charge in [0.2, 0.25) is 0 Å². The number of alkyl halides is 3. The number of carbonyl (C=O) groups is 2. The molecule has 8 atom stereocenters. The second-order valence-corrected chi connectivity index (χ2v) is 10.5. The summed E-state index contributed by atoms with van der Waals surface area (Å²) in [5.41, 5.74) is 0.158. The molecule has 1 saturated heterocycles. The Morgan fingerprint density at radius 2 is 1.97 bits per heavy atom. The number of likely N-dealkylation sites (tertiary alicyclic amines) is 1. The number of hydrogen-bond acceptors (Lipinski definition) is 4. The van der Waals surface area contributed by atoms with E-state index in [0.29, 0.717) is 25.7 Å². The average Bonchev–Trinajstić information content (AvgIpc) is 3.00. The Hall–Kier alpha value is -1.41. The zero-order valence-electron chi connectivity index (χ0n) is 18.7. The predicted molar refractivity (Wildman–Crippen MR) is 109 cm³/mol. The fourth-order valence-corrected chi connectivity index (χ4v) is 8.08. The van der Waals surface area contributed by atoms with Crippen molar-refractivity contribution in [2.45, 2.75) is 82.2 Å². The summed E-state index contributed by atoms with van der Waals surface area (Å²) < 4.78 is 52.2. The zero-order valence-corrected chi connectivity index (χ0v) is 18.7. The first-order valence-electron chi connectivity index (χ1n) is 12.0. The van der Waals surface area contributed by atoms with Crippen LogP contribution in [0.5, 0.6) is 0 Å². The fraction of sp³-hybridized carbons (Fsp3) is 0.833. The largest absolute Gasteiger partial charge is 0.471 e. The molecule has 32 heavy (non-hydrogen) atoms. The summed E-state index contributed by atoms with van der Waals surface area (Å²) in [6, 6.07) is -1.01. The summed E-state index contributed by atoms with van der Waals surface area (Å²) in [7, 11) is 1.53. The number of nitrogens with zero attached hydrogens (tertiary/aromatic N) is 1. The molecule has 5 rings (SSSR count). The van der Waals surface area contributed by atoms with E-state index < -0.39 is 29.8 Å². The molecule has 0 unspecified atom stereocenters. The Labute approximate surface area is 186 Å². The van der Waals surface area contributed by atoms with Gasteiger partial charge in [0.25, 0.3) is 0 Å². The van der Waals surface area contributed by atoms with Gasteiger partial charge in [-0.15, -0.1) is 0 Å². The van der Waals surface area contributed by atoms with Crippen LogP contribution in [0.15, 0.2) is 11.6 Å². The average molecular weight is 456 g/mol. The quantitative estimate of drug-likeness (QED) is 0.597.